The SMILES string of the molecule is Cc1cc(C)c([B-]2(c3c(C)cc(C)cc3C)O/C(=C\c3ccccn3)c3ccccc32)c(C)c1. The number of rotatable bonds is 3. The average Bonchev–Trinajstić information content (AvgIpc) is 3.07. The number of fused-ring (bicyclic) bond motifs is 1. The van der Waals surface area contributed by atoms with E-state index in [-0.39, 0.29) is 0 Å². The highest BCUT2D eigenvalue weighted by atomic mass is 16.5. The van der Waals surface area contributed by atoms with Crippen LogP contribution < -0.4 is 16.4 Å². The van der Waals surface area contributed by atoms with E-state index in [2.05, 4.69) is 101 Å². The van der Waals surface area contributed by atoms with Gasteiger partial charge in [0, 0.05) is 12.3 Å². The molecule has 0 radical (unpaired) electrons. The Hall–Kier alpha value is -3.59. The van der Waals surface area contributed by atoms with E-state index in [1.54, 1.807) is 0 Å². The van der Waals surface area contributed by atoms with E-state index in [0.717, 1.165) is 17.0 Å². The van der Waals surface area contributed by atoms with Gasteiger partial charge >= 0.3 is 0 Å². The first-order valence-electron chi connectivity index (χ1n) is 12.0. The largest absolute Gasteiger partial charge is 0.702 e. The fourth-order valence-electron chi connectivity index (χ4n) is 6.34. The molecular weight excluding hydrogens is 413 g/mol. The normalized spacial score (nSPS) is 15.3. The first-order valence-corrected chi connectivity index (χ1v) is 12.0. The van der Waals surface area contributed by atoms with Crippen molar-refractivity contribution >= 4 is 34.6 Å². The van der Waals surface area contributed by atoms with Crippen LogP contribution in [0, 0.1) is 41.5 Å². The van der Waals surface area contributed by atoms with Gasteiger partial charge in [0.25, 0.3) is 0 Å². The number of nitrogens with zero attached hydrogens (tertiary/aromatic N) is 1. The molecule has 1 aliphatic rings. The third-order valence-corrected chi connectivity index (χ3v) is 7.22. The highest BCUT2D eigenvalue weighted by Gasteiger charge is 2.43. The van der Waals surface area contributed by atoms with Crippen LogP contribution in [0.25, 0.3) is 11.8 Å². The summed E-state index contributed by atoms with van der Waals surface area (Å²) in [7, 11) is 0. The molecule has 0 N–H and O–H groups in total. The van der Waals surface area contributed by atoms with Crippen LogP contribution >= 0.6 is 0 Å². The van der Waals surface area contributed by atoms with E-state index in [1.165, 1.54) is 49.8 Å². The quantitative estimate of drug-likeness (QED) is 0.394. The first-order chi connectivity index (χ1) is 16.3. The zero-order chi connectivity index (χ0) is 24.0. The van der Waals surface area contributed by atoms with Crippen molar-refractivity contribution in [3.8, 4) is 0 Å². The summed E-state index contributed by atoms with van der Waals surface area (Å²) in [5.74, 6) is 0.882. The zero-order valence-electron chi connectivity index (χ0n) is 20.9. The van der Waals surface area contributed by atoms with Crippen LogP contribution in [0.2, 0.25) is 0 Å². The van der Waals surface area contributed by atoms with E-state index in [9.17, 15) is 0 Å². The van der Waals surface area contributed by atoms with Crippen LogP contribution in [-0.2, 0) is 4.65 Å². The Morgan fingerprint density at radius 1 is 0.676 bits per heavy atom. The van der Waals surface area contributed by atoms with Crippen LogP contribution in [0.15, 0.2) is 72.9 Å². The number of aryl methyl sites for hydroxylation is 6. The number of benzene rings is 3. The van der Waals surface area contributed by atoms with Crippen LogP contribution in [0.4, 0.5) is 0 Å². The number of hydrogen-bond acceptors (Lipinski definition) is 2. The predicted octanol–water partition coefficient (Wildman–Crippen LogP) is 5.43. The predicted molar refractivity (Wildman–Crippen MR) is 146 cm³/mol. The molecule has 0 saturated carbocycles. The molecule has 0 atom stereocenters. The third-order valence-electron chi connectivity index (χ3n) is 7.22. The Balaban J connectivity index is 1.91. The summed E-state index contributed by atoms with van der Waals surface area (Å²) in [6, 6.07) is 23.8. The Bertz CT molecular complexity index is 1330. The van der Waals surface area contributed by atoms with Gasteiger partial charge in [-0.15, -0.1) is 5.46 Å². The topological polar surface area (TPSA) is 22.1 Å². The molecule has 1 aromatic heterocycles. The fraction of sp³-hybridized carbons (Fsp3) is 0.194. The molecule has 0 spiro atoms. The van der Waals surface area contributed by atoms with Gasteiger partial charge in [0.2, 0.25) is 6.35 Å². The smallest absolute Gasteiger partial charge is 0.250 e. The summed E-state index contributed by atoms with van der Waals surface area (Å²) in [6.45, 7) is 13.2. The highest BCUT2D eigenvalue weighted by Crippen LogP contribution is 2.33. The summed E-state index contributed by atoms with van der Waals surface area (Å²) in [5.41, 5.74) is 13.5. The summed E-state index contributed by atoms with van der Waals surface area (Å²) in [4.78, 5) is 4.55. The lowest BCUT2D eigenvalue weighted by Crippen LogP contribution is -2.69. The molecule has 0 bridgehead atoms. The van der Waals surface area contributed by atoms with Gasteiger partial charge in [-0.25, -0.2) is 0 Å². The molecular formula is C31H31BNO-. The van der Waals surface area contributed by atoms with Crippen molar-refractivity contribution in [2.24, 2.45) is 0 Å². The van der Waals surface area contributed by atoms with Crippen LogP contribution in [0.1, 0.15) is 44.6 Å². The Morgan fingerprint density at radius 2 is 1.21 bits per heavy atom. The van der Waals surface area contributed by atoms with E-state index in [0.29, 0.717) is 0 Å². The van der Waals surface area contributed by atoms with Gasteiger partial charge < -0.3 is 4.65 Å². The minimum Gasteiger partial charge on any atom is -0.702 e. The molecule has 1 aliphatic heterocycles. The standard InChI is InChI=1S/C31H31BNO/c1-20-15-22(3)30(23(4)16-20)32(31-24(5)17-21(2)18-25(31)6)28-13-8-7-12-27(28)29(34-32)19-26-11-9-10-14-33-26/h7-19H,1-6H3/q-1/b29-19-. The van der Waals surface area contributed by atoms with E-state index < -0.39 is 6.35 Å². The molecule has 0 fully saturated rings. The Morgan fingerprint density at radius 3 is 1.74 bits per heavy atom. The lowest BCUT2D eigenvalue weighted by molar-refractivity contribution is 0.549. The van der Waals surface area contributed by atoms with Crippen molar-refractivity contribution in [3.63, 3.8) is 0 Å². The average molecular weight is 444 g/mol. The van der Waals surface area contributed by atoms with E-state index in [1.807, 2.05) is 24.4 Å². The van der Waals surface area contributed by atoms with Gasteiger partial charge in [0.1, 0.15) is 0 Å². The van der Waals surface area contributed by atoms with Crippen molar-refractivity contribution in [1.82, 2.24) is 4.98 Å². The molecule has 2 heterocycles. The maximum Gasteiger partial charge on any atom is 0.250 e. The molecule has 3 aromatic carbocycles. The van der Waals surface area contributed by atoms with Crippen molar-refractivity contribution in [2.45, 2.75) is 41.5 Å². The highest BCUT2D eigenvalue weighted by molar-refractivity contribution is 7.09. The van der Waals surface area contributed by atoms with Gasteiger partial charge in [0.15, 0.2) is 0 Å². The van der Waals surface area contributed by atoms with Gasteiger partial charge in [-0.2, -0.15) is 10.9 Å². The maximum absolute atomic E-state index is 7.28. The second-order valence-corrected chi connectivity index (χ2v) is 9.88. The molecule has 34 heavy (non-hydrogen) atoms. The molecule has 3 heteroatoms. The fourth-order valence-corrected chi connectivity index (χ4v) is 6.34. The summed E-state index contributed by atoms with van der Waals surface area (Å²) in [5, 5.41) is 0. The molecule has 4 aromatic rings. The lowest BCUT2D eigenvalue weighted by atomic mass is 9.26. The number of pyridine rings is 1. The maximum atomic E-state index is 7.28. The minimum atomic E-state index is -1.68. The van der Waals surface area contributed by atoms with Crippen LogP contribution in [0.5, 0.6) is 0 Å². The molecule has 0 amide bonds. The van der Waals surface area contributed by atoms with Crippen molar-refractivity contribution < 1.29 is 4.65 Å². The van der Waals surface area contributed by atoms with Crippen molar-refractivity contribution in [3.05, 3.63) is 118 Å². The van der Waals surface area contributed by atoms with Gasteiger partial charge in [-0.3, -0.25) is 4.98 Å². The van der Waals surface area contributed by atoms with Crippen LogP contribution in [0.3, 0.4) is 0 Å². The Kier molecular flexibility index (Phi) is 5.44. The van der Waals surface area contributed by atoms with Crippen molar-refractivity contribution in [2.75, 3.05) is 0 Å². The number of hydrogen-bond donors (Lipinski definition) is 0. The molecule has 170 valence electrons. The van der Waals surface area contributed by atoms with Gasteiger partial charge in [-0.1, -0.05) is 88.0 Å². The van der Waals surface area contributed by atoms with E-state index in [4.69, 9.17) is 4.65 Å². The van der Waals surface area contributed by atoms with E-state index >= 15 is 0 Å². The molecule has 0 aliphatic carbocycles. The summed E-state index contributed by atoms with van der Waals surface area (Å²) < 4.78 is 7.28. The number of aromatic nitrogens is 1. The van der Waals surface area contributed by atoms with Gasteiger partial charge in [-0.05, 0) is 59.2 Å². The lowest BCUT2D eigenvalue weighted by Gasteiger charge is -2.44. The second kappa shape index (κ2) is 8.32. The molecule has 2 nitrogen and oxygen atoms in total. The molecule has 0 saturated heterocycles. The monoisotopic (exact) mass is 444 g/mol. The molecule has 5 rings (SSSR count). The third kappa shape index (κ3) is 3.47. The summed E-state index contributed by atoms with van der Waals surface area (Å²) in [6.07, 6.45) is 2.23. The molecule has 0 unspecified atom stereocenters. The van der Waals surface area contributed by atoms with Gasteiger partial charge in [0.05, 0.1) is 11.5 Å². The van der Waals surface area contributed by atoms with Crippen LogP contribution in [-0.4, -0.2) is 11.3 Å². The Labute approximate surface area is 203 Å². The second-order valence-electron chi connectivity index (χ2n) is 9.88. The summed E-state index contributed by atoms with van der Waals surface area (Å²) >= 11 is 0. The first kappa shape index (κ1) is 22.2. The zero-order valence-corrected chi connectivity index (χ0v) is 20.9. The minimum absolute atomic E-state index is 0.882. The van der Waals surface area contributed by atoms with Crippen molar-refractivity contribution in [1.29, 1.82) is 0 Å².